The minimum atomic E-state index is -3.84. The van der Waals surface area contributed by atoms with E-state index in [1.165, 1.54) is 21.1 Å². The molecule has 1 aromatic carbocycles. The maximum Gasteiger partial charge on any atom is 0.305 e. The van der Waals surface area contributed by atoms with Crippen LogP contribution in [0.25, 0.3) is 22.4 Å². The minimum absolute atomic E-state index is 0.0959. The van der Waals surface area contributed by atoms with Gasteiger partial charge < -0.3 is 14.5 Å². The molecular formula is C32H40N6O6S. The Morgan fingerprint density at radius 1 is 1.11 bits per heavy atom. The molecule has 1 aliphatic rings. The Hall–Kier alpha value is -4.10. The Balaban J connectivity index is 1.26. The van der Waals surface area contributed by atoms with Gasteiger partial charge in [0.1, 0.15) is 17.1 Å². The van der Waals surface area contributed by atoms with Crippen molar-refractivity contribution in [2.24, 2.45) is 13.0 Å². The van der Waals surface area contributed by atoms with Crippen LogP contribution in [0, 0.1) is 5.92 Å². The molecule has 0 atom stereocenters. The zero-order chi connectivity index (χ0) is 32.0. The van der Waals surface area contributed by atoms with Crippen LogP contribution in [0.15, 0.2) is 52.3 Å². The summed E-state index contributed by atoms with van der Waals surface area (Å²) in [4.78, 5) is 37.2. The molecule has 1 fully saturated rings. The zero-order valence-electron chi connectivity index (χ0n) is 26.0. The van der Waals surface area contributed by atoms with Gasteiger partial charge in [-0.15, -0.1) is 0 Å². The van der Waals surface area contributed by atoms with Crippen LogP contribution in [-0.2, 0) is 39.4 Å². The Morgan fingerprint density at radius 3 is 2.62 bits per heavy atom. The van der Waals surface area contributed by atoms with Crippen LogP contribution in [0.1, 0.15) is 57.3 Å². The smallest absolute Gasteiger partial charge is 0.305 e. The summed E-state index contributed by atoms with van der Waals surface area (Å²) in [5, 5.41) is 4.48. The molecule has 0 bridgehead atoms. The van der Waals surface area contributed by atoms with Crippen molar-refractivity contribution in [1.29, 1.82) is 0 Å². The number of pyridine rings is 1. The molecule has 0 saturated carbocycles. The SMILES string of the molecule is CCCc1nn(C)c2c(=O)[nH]c(-c3cc(S(=O)(=O)N4CCC(CCC(=O)OCCc5ccccn5)CC4)ccc3OCC)nc12. The van der Waals surface area contributed by atoms with Crippen LogP contribution >= 0.6 is 0 Å². The predicted molar refractivity (Wildman–Crippen MR) is 169 cm³/mol. The van der Waals surface area contributed by atoms with Crippen molar-refractivity contribution in [3.05, 3.63) is 64.3 Å². The number of hydrogen-bond acceptors (Lipinski definition) is 9. The van der Waals surface area contributed by atoms with Crippen LogP contribution in [-0.4, -0.2) is 69.7 Å². The van der Waals surface area contributed by atoms with E-state index in [0.717, 1.165) is 12.1 Å². The number of nitrogens with zero attached hydrogens (tertiary/aromatic N) is 5. The molecule has 0 aliphatic carbocycles. The topological polar surface area (TPSA) is 149 Å². The fourth-order valence-electron chi connectivity index (χ4n) is 5.71. The Labute approximate surface area is 262 Å². The van der Waals surface area contributed by atoms with Crippen LogP contribution in [0.3, 0.4) is 0 Å². The normalized spacial score (nSPS) is 14.6. The fraction of sp³-hybridized carbons (Fsp3) is 0.469. The van der Waals surface area contributed by atoms with Gasteiger partial charge in [-0.25, -0.2) is 13.4 Å². The molecule has 45 heavy (non-hydrogen) atoms. The summed E-state index contributed by atoms with van der Waals surface area (Å²) in [7, 11) is -2.13. The highest BCUT2D eigenvalue weighted by Crippen LogP contribution is 2.33. The summed E-state index contributed by atoms with van der Waals surface area (Å²) in [5.74, 6) is 0.629. The third kappa shape index (κ3) is 7.42. The number of benzene rings is 1. The quantitative estimate of drug-likeness (QED) is 0.215. The Bertz CT molecular complexity index is 1800. The third-order valence-electron chi connectivity index (χ3n) is 8.07. The van der Waals surface area contributed by atoms with Crippen molar-refractivity contribution in [1.82, 2.24) is 29.0 Å². The Morgan fingerprint density at radius 2 is 1.91 bits per heavy atom. The Kier molecular flexibility index (Phi) is 10.3. The summed E-state index contributed by atoms with van der Waals surface area (Å²) >= 11 is 0. The van der Waals surface area contributed by atoms with Crippen LogP contribution < -0.4 is 10.3 Å². The number of sulfonamides is 1. The molecule has 12 nitrogen and oxygen atoms in total. The molecular weight excluding hydrogens is 596 g/mol. The molecule has 240 valence electrons. The summed E-state index contributed by atoms with van der Waals surface area (Å²) in [6.45, 7) is 5.20. The van der Waals surface area contributed by atoms with Gasteiger partial charge in [-0.05, 0) is 68.9 Å². The van der Waals surface area contributed by atoms with E-state index < -0.39 is 10.0 Å². The molecule has 0 amide bonds. The fourth-order valence-corrected chi connectivity index (χ4v) is 7.21. The van der Waals surface area contributed by atoms with Gasteiger partial charge in [0.2, 0.25) is 10.0 Å². The lowest BCUT2D eigenvalue weighted by Gasteiger charge is -2.31. The lowest BCUT2D eigenvalue weighted by molar-refractivity contribution is -0.144. The van der Waals surface area contributed by atoms with Crippen LogP contribution in [0.5, 0.6) is 5.75 Å². The monoisotopic (exact) mass is 636 g/mol. The number of hydrogen-bond donors (Lipinski definition) is 1. The average molecular weight is 637 g/mol. The second kappa shape index (κ2) is 14.3. The number of aromatic amines is 1. The lowest BCUT2D eigenvalue weighted by Crippen LogP contribution is -2.38. The molecule has 13 heteroatoms. The molecule has 1 aliphatic heterocycles. The second-order valence-corrected chi connectivity index (χ2v) is 13.1. The van der Waals surface area contributed by atoms with E-state index in [-0.39, 0.29) is 34.8 Å². The second-order valence-electron chi connectivity index (χ2n) is 11.2. The molecule has 0 radical (unpaired) electrons. The van der Waals surface area contributed by atoms with Crippen molar-refractivity contribution in [3.63, 3.8) is 0 Å². The van der Waals surface area contributed by atoms with E-state index in [1.54, 1.807) is 19.3 Å². The molecule has 1 N–H and O–H groups in total. The van der Waals surface area contributed by atoms with E-state index in [4.69, 9.17) is 14.5 Å². The van der Waals surface area contributed by atoms with Gasteiger partial charge in [0, 0.05) is 44.9 Å². The van der Waals surface area contributed by atoms with E-state index in [9.17, 15) is 18.0 Å². The van der Waals surface area contributed by atoms with Gasteiger partial charge >= 0.3 is 5.97 Å². The highest BCUT2D eigenvalue weighted by Gasteiger charge is 2.31. The number of aryl methyl sites for hydroxylation is 2. The number of piperidine rings is 1. The standard InChI is InChI=1S/C32H40N6O6S/c1-4-8-26-29-30(37(3)36-26)32(40)35-31(34-29)25-21-24(11-12-27(25)43-5-2)45(41,42)38-18-14-22(15-19-38)10-13-28(39)44-20-16-23-9-6-7-17-33-23/h6-7,9,11-12,17,21-22H,4-5,8,10,13-16,18-20H2,1-3H3,(H,34,35,40). The largest absolute Gasteiger partial charge is 0.493 e. The number of H-pyrrole nitrogens is 1. The van der Waals surface area contributed by atoms with E-state index in [2.05, 4.69) is 15.1 Å². The van der Waals surface area contributed by atoms with Crippen molar-refractivity contribution in [2.75, 3.05) is 26.3 Å². The number of ether oxygens (including phenoxy) is 2. The van der Waals surface area contributed by atoms with Gasteiger partial charge in [0.05, 0.1) is 29.4 Å². The number of fused-ring (bicyclic) bond motifs is 1. The van der Waals surface area contributed by atoms with Crippen LogP contribution in [0.4, 0.5) is 0 Å². The first kappa shape index (κ1) is 32.3. The molecule has 4 heterocycles. The van der Waals surface area contributed by atoms with Gasteiger partial charge in [-0.1, -0.05) is 19.4 Å². The number of carbonyl (C=O) groups is 1. The van der Waals surface area contributed by atoms with E-state index in [0.29, 0.717) is 86.3 Å². The number of rotatable bonds is 13. The summed E-state index contributed by atoms with van der Waals surface area (Å²) in [6.07, 6.45) is 6.02. The van der Waals surface area contributed by atoms with Gasteiger partial charge in [0.15, 0.2) is 5.52 Å². The maximum absolute atomic E-state index is 13.8. The summed E-state index contributed by atoms with van der Waals surface area (Å²) in [5.41, 5.74) is 2.47. The van der Waals surface area contributed by atoms with Gasteiger partial charge in [-0.2, -0.15) is 9.40 Å². The third-order valence-corrected chi connectivity index (χ3v) is 9.97. The first-order valence-corrected chi connectivity index (χ1v) is 16.9. The zero-order valence-corrected chi connectivity index (χ0v) is 26.8. The number of aromatic nitrogens is 5. The lowest BCUT2D eigenvalue weighted by atomic mass is 9.93. The van der Waals surface area contributed by atoms with E-state index in [1.807, 2.05) is 32.0 Å². The first-order chi connectivity index (χ1) is 21.7. The maximum atomic E-state index is 13.8. The first-order valence-electron chi connectivity index (χ1n) is 15.5. The highest BCUT2D eigenvalue weighted by atomic mass is 32.2. The van der Waals surface area contributed by atoms with E-state index >= 15 is 0 Å². The van der Waals surface area contributed by atoms with Crippen LogP contribution in [0.2, 0.25) is 0 Å². The molecule has 5 rings (SSSR count). The van der Waals surface area contributed by atoms with Crippen molar-refractivity contribution >= 4 is 27.0 Å². The van der Waals surface area contributed by atoms with Gasteiger partial charge in [-0.3, -0.25) is 19.3 Å². The number of esters is 1. The molecule has 1 saturated heterocycles. The van der Waals surface area contributed by atoms with Crippen molar-refractivity contribution in [3.8, 4) is 17.1 Å². The summed E-state index contributed by atoms with van der Waals surface area (Å²) in [6, 6.07) is 10.3. The number of nitrogens with one attached hydrogen (secondary N) is 1. The van der Waals surface area contributed by atoms with Gasteiger partial charge in [0.25, 0.3) is 5.56 Å². The molecule has 0 spiro atoms. The molecule has 4 aromatic rings. The molecule has 0 unspecified atom stereocenters. The number of carbonyl (C=O) groups excluding carboxylic acids is 1. The highest BCUT2D eigenvalue weighted by molar-refractivity contribution is 7.89. The average Bonchev–Trinajstić information content (AvgIpc) is 3.36. The minimum Gasteiger partial charge on any atom is -0.493 e. The van der Waals surface area contributed by atoms with Crippen molar-refractivity contribution in [2.45, 2.75) is 63.7 Å². The molecule has 3 aromatic heterocycles. The summed E-state index contributed by atoms with van der Waals surface area (Å²) < 4.78 is 41.7. The predicted octanol–water partition coefficient (Wildman–Crippen LogP) is 4.04. The van der Waals surface area contributed by atoms with Crippen molar-refractivity contribution < 1.29 is 22.7 Å².